The normalized spacial score (nSPS) is 10.2. The van der Waals surface area contributed by atoms with Crippen molar-refractivity contribution in [3.8, 4) is 0 Å². The van der Waals surface area contributed by atoms with E-state index in [1.165, 1.54) is 11.3 Å². The van der Waals surface area contributed by atoms with E-state index in [0.717, 1.165) is 21.9 Å². The van der Waals surface area contributed by atoms with E-state index in [4.69, 9.17) is 0 Å². The summed E-state index contributed by atoms with van der Waals surface area (Å²) < 4.78 is 4.66. The zero-order chi connectivity index (χ0) is 9.26. The molecule has 0 radical (unpaired) electrons. The lowest BCUT2D eigenvalue weighted by atomic mass is 10.4. The second kappa shape index (κ2) is 3.23. The SMILES string of the molecule is O=C(c1cccs1)n1sncc1=O. The first kappa shape index (κ1) is 8.33. The molecule has 13 heavy (non-hydrogen) atoms. The van der Waals surface area contributed by atoms with Crippen LogP contribution in [-0.2, 0) is 0 Å². The zero-order valence-corrected chi connectivity index (χ0v) is 7.97. The van der Waals surface area contributed by atoms with Crippen LogP contribution >= 0.6 is 23.1 Å². The maximum absolute atomic E-state index is 11.5. The molecule has 6 heteroatoms. The number of thiophene rings is 1. The minimum absolute atomic E-state index is 0.303. The molecule has 66 valence electrons. The number of hydrogen-bond acceptors (Lipinski definition) is 5. The van der Waals surface area contributed by atoms with Crippen LogP contribution in [0.15, 0.2) is 28.5 Å². The number of carbonyl (C=O) groups excluding carboxylic acids is 1. The second-order valence-corrected chi connectivity index (χ2v) is 3.92. The highest BCUT2D eigenvalue weighted by Gasteiger charge is 2.12. The molecule has 0 aromatic carbocycles. The second-order valence-electron chi connectivity index (χ2n) is 2.23. The van der Waals surface area contributed by atoms with Crippen LogP contribution in [0.2, 0.25) is 0 Å². The first-order chi connectivity index (χ1) is 6.29. The van der Waals surface area contributed by atoms with Gasteiger partial charge in [-0.1, -0.05) is 6.07 Å². The third kappa shape index (κ3) is 1.45. The molecule has 2 rings (SSSR count). The van der Waals surface area contributed by atoms with Gasteiger partial charge in [-0.15, -0.1) is 11.3 Å². The van der Waals surface area contributed by atoms with Crippen molar-refractivity contribution in [3.63, 3.8) is 0 Å². The third-order valence-corrected chi connectivity index (χ3v) is 2.98. The summed E-state index contributed by atoms with van der Waals surface area (Å²) in [4.78, 5) is 23.1. The number of aromatic nitrogens is 2. The highest BCUT2D eigenvalue weighted by Crippen LogP contribution is 2.10. The van der Waals surface area contributed by atoms with E-state index in [1.807, 2.05) is 0 Å². The van der Waals surface area contributed by atoms with Gasteiger partial charge in [0, 0.05) is 0 Å². The average Bonchev–Trinajstić information content (AvgIpc) is 2.72. The summed E-state index contributed by atoms with van der Waals surface area (Å²) in [7, 11) is 0. The summed E-state index contributed by atoms with van der Waals surface area (Å²) in [6.45, 7) is 0. The molecule has 2 heterocycles. The van der Waals surface area contributed by atoms with Gasteiger partial charge in [0.25, 0.3) is 11.5 Å². The van der Waals surface area contributed by atoms with Crippen LogP contribution in [0.5, 0.6) is 0 Å². The Morgan fingerprint density at radius 3 is 2.92 bits per heavy atom. The molecule has 0 spiro atoms. The molecule has 0 aliphatic rings. The fourth-order valence-corrected chi connectivity index (χ4v) is 2.09. The quantitative estimate of drug-likeness (QED) is 0.710. The van der Waals surface area contributed by atoms with E-state index in [2.05, 4.69) is 4.37 Å². The lowest BCUT2D eigenvalue weighted by Gasteiger charge is -1.92. The predicted octanol–water partition coefficient (Wildman–Crippen LogP) is 1.05. The molecule has 0 atom stereocenters. The molecule has 0 unspecified atom stereocenters. The molecule has 0 amide bonds. The zero-order valence-electron chi connectivity index (χ0n) is 6.34. The Bertz CT molecular complexity index is 469. The fraction of sp³-hybridized carbons (Fsp3) is 0. The number of carbonyl (C=O) groups is 1. The topological polar surface area (TPSA) is 52.0 Å². The van der Waals surface area contributed by atoms with Crippen LogP contribution in [0.1, 0.15) is 9.67 Å². The Hall–Kier alpha value is -1.27. The smallest absolute Gasteiger partial charge is 0.266 e. The molecule has 0 aliphatic heterocycles. The summed E-state index contributed by atoms with van der Waals surface area (Å²) >= 11 is 2.17. The molecule has 0 bridgehead atoms. The average molecular weight is 212 g/mol. The number of hydrogen-bond donors (Lipinski definition) is 0. The molecule has 2 aromatic heterocycles. The molecule has 0 N–H and O–H groups in total. The summed E-state index contributed by atoms with van der Waals surface area (Å²) in [5, 5.41) is 1.79. The van der Waals surface area contributed by atoms with E-state index in [1.54, 1.807) is 17.5 Å². The van der Waals surface area contributed by atoms with Gasteiger partial charge in [0.15, 0.2) is 0 Å². The maximum atomic E-state index is 11.5. The van der Waals surface area contributed by atoms with Gasteiger partial charge in [-0.25, -0.2) is 0 Å². The summed E-state index contributed by atoms with van der Waals surface area (Å²) in [5.74, 6) is -0.303. The van der Waals surface area contributed by atoms with Gasteiger partial charge >= 0.3 is 0 Å². The molecule has 0 saturated heterocycles. The highest BCUT2D eigenvalue weighted by atomic mass is 32.1. The Morgan fingerprint density at radius 2 is 2.38 bits per heavy atom. The van der Waals surface area contributed by atoms with Crippen molar-refractivity contribution in [1.29, 1.82) is 0 Å². The van der Waals surface area contributed by atoms with Crippen molar-refractivity contribution >= 4 is 29.0 Å². The first-order valence-electron chi connectivity index (χ1n) is 3.41. The van der Waals surface area contributed by atoms with Crippen molar-refractivity contribution in [1.82, 2.24) is 8.33 Å². The largest absolute Gasteiger partial charge is 0.287 e. The number of rotatable bonds is 1. The van der Waals surface area contributed by atoms with Crippen LogP contribution in [0, 0.1) is 0 Å². The third-order valence-electron chi connectivity index (χ3n) is 1.41. The summed E-state index contributed by atoms with van der Waals surface area (Å²) in [6, 6.07) is 3.45. The molecule has 0 aliphatic carbocycles. The van der Waals surface area contributed by atoms with Gasteiger partial charge < -0.3 is 0 Å². The van der Waals surface area contributed by atoms with Crippen LogP contribution in [0.3, 0.4) is 0 Å². The predicted molar refractivity (Wildman–Crippen MR) is 50.4 cm³/mol. The van der Waals surface area contributed by atoms with Gasteiger partial charge in [-0.3, -0.25) is 9.59 Å². The van der Waals surface area contributed by atoms with Crippen LogP contribution in [-0.4, -0.2) is 14.2 Å². The monoisotopic (exact) mass is 212 g/mol. The van der Waals surface area contributed by atoms with E-state index in [-0.39, 0.29) is 11.5 Å². The first-order valence-corrected chi connectivity index (χ1v) is 5.02. The standard InChI is InChI=1S/C7H4N2O2S2/c10-6-4-8-13-9(6)7(11)5-2-1-3-12-5/h1-4H. The Kier molecular flexibility index (Phi) is 2.07. The van der Waals surface area contributed by atoms with Gasteiger partial charge in [-0.2, -0.15) is 8.33 Å². The maximum Gasteiger partial charge on any atom is 0.287 e. The lowest BCUT2D eigenvalue weighted by Crippen LogP contribution is -2.20. The van der Waals surface area contributed by atoms with E-state index >= 15 is 0 Å². The van der Waals surface area contributed by atoms with Gasteiger partial charge in [0.1, 0.15) is 6.20 Å². The van der Waals surface area contributed by atoms with Gasteiger partial charge in [0.05, 0.1) is 16.6 Å². The minimum Gasteiger partial charge on any atom is -0.266 e. The fourth-order valence-electron chi connectivity index (χ4n) is 0.846. The Balaban J connectivity index is 2.45. The minimum atomic E-state index is -0.372. The molecule has 0 fully saturated rings. The molecule has 0 saturated carbocycles. The van der Waals surface area contributed by atoms with Crippen LogP contribution in [0.25, 0.3) is 0 Å². The summed E-state index contributed by atoms with van der Waals surface area (Å²) in [5.41, 5.74) is -0.372. The Morgan fingerprint density at radius 1 is 1.54 bits per heavy atom. The van der Waals surface area contributed by atoms with Crippen molar-refractivity contribution < 1.29 is 4.79 Å². The molecular formula is C7H4N2O2S2. The van der Waals surface area contributed by atoms with Crippen molar-refractivity contribution in [2.24, 2.45) is 0 Å². The number of nitrogens with zero attached hydrogens (tertiary/aromatic N) is 2. The van der Waals surface area contributed by atoms with E-state index < -0.39 is 0 Å². The lowest BCUT2D eigenvalue weighted by molar-refractivity contribution is 0.0972. The van der Waals surface area contributed by atoms with Crippen LogP contribution < -0.4 is 5.56 Å². The van der Waals surface area contributed by atoms with Crippen molar-refractivity contribution in [3.05, 3.63) is 38.9 Å². The molecule has 2 aromatic rings. The summed E-state index contributed by atoms with van der Waals surface area (Å²) in [6.07, 6.45) is 1.14. The molecular weight excluding hydrogens is 208 g/mol. The highest BCUT2D eigenvalue weighted by molar-refractivity contribution is 7.12. The van der Waals surface area contributed by atoms with Crippen LogP contribution in [0.4, 0.5) is 0 Å². The van der Waals surface area contributed by atoms with Gasteiger partial charge in [-0.05, 0) is 11.4 Å². The van der Waals surface area contributed by atoms with E-state index in [9.17, 15) is 9.59 Å². The van der Waals surface area contributed by atoms with E-state index in [0.29, 0.717) is 4.88 Å². The van der Waals surface area contributed by atoms with Gasteiger partial charge in [0.2, 0.25) is 0 Å². The van der Waals surface area contributed by atoms with Crippen molar-refractivity contribution in [2.75, 3.05) is 0 Å². The Labute approximate surface area is 81.4 Å². The van der Waals surface area contributed by atoms with Crippen molar-refractivity contribution in [2.45, 2.75) is 0 Å². The molecule has 4 nitrogen and oxygen atoms in total.